The average molecular weight is 273 g/mol. The number of hydrogen-bond acceptors (Lipinski definition) is 4. The van der Waals surface area contributed by atoms with Crippen molar-refractivity contribution < 1.29 is 9.47 Å². The molecule has 0 saturated heterocycles. The second-order valence-corrected chi connectivity index (χ2v) is 4.52. The first-order valence-corrected chi connectivity index (χ1v) is 6.29. The molecule has 1 aromatic carbocycles. The van der Waals surface area contributed by atoms with E-state index in [0.29, 0.717) is 23.9 Å². The van der Waals surface area contributed by atoms with Crippen molar-refractivity contribution in [3.8, 4) is 0 Å². The Labute approximate surface area is 114 Å². The van der Waals surface area contributed by atoms with Gasteiger partial charge in [0, 0.05) is 44.6 Å². The zero-order chi connectivity index (χ0) is 13.4. The van der Waals surface area contributed by atoms with Crippen LogP contribution in [-0.2, 0) is 16.0 Å². The van der Waals surface area contributed by atoms with E-state index in [9.17, 15) is 0 Å². The van der Waals surface area contributed by atoms with Gasteiger partial charge >= 0.3 is 0 Å². The number of rotatable bonds is 8. The van der Waals surface area contributed by atoms with Crippen molar-refractivity contribution in [2.24, 2.45) is 0 Å². The highest BCUT2D eigenvalue weighted by Crippen LogP contribution is 2.20. The Morgan fingerprint density at radius 2 is 1.78 bits per heavy atom. The molecule has 18 heavy (non-hydrogen) atoms. The van der Waals surface area contributed by atoms with Crippen LogP contribution in [0.1, 0.15) is 5.56 Å². The fraction of sp³-hybridized carbons (Fsp3) is 0.538. The lowest BCUT2D eigenvalue weighted by Gasteiger charge is -2.22. The molecule has 0 bridgehead atoms. The first-order chi connectivity index (χ1) is 8.67. The van der Waals surface area contributed by atoms with Gasteiger partial charge in [0.15, 0.2) is 0 Å². The summed E-state index contributed by atoms with van der Waals surface area (Å²) in [4.78, 5) is 2.24. The van der Waals surface area contributed by atoms with Crippen molar-refractivity contribution in [2.75, 3.05) is 46.3 Å². The van der Waals surface area contributed by atoms with Gasteiger partial charge in [0.05, 0.1) is 13.2 Å². The summed E-state index contributed by atoms with van der Waals surface area (Å²) in [5.74, 6) is 0. The third-order valence-corrected chi connectivity index (χ3v) is 3.05. The zero-order valence-electron chi connectivity index (χ0n) is 11.0. The van der Waals surface area contributed by atoms with Crippen molar-refractivity contribution in [1.82, 2.24) is 4.90 Å². The third kappa shape index (κ3) is 5.23. The lowest BCUT2D eigenvalue weighted by atomic mass is 10.2. The normalized spacial score (nSPS) is 11.1. The van der Waals surface area contributed by atoms with Gasteiger partial charge in [-0.15, -0.1) is 0 Å². The van der Waals surface area contributed by atoms with Gasteiger partial charge in [-0.25, -0.2) is 0 Å². The van der Waals surface area contributed by atoms with Crippen LogP contribution in [0.3, 0.4) is 0 Å². The number of nitrogens with zero attached hydrogens (tertiary/aromatic N) is 1. The van der Waals surface area contributed by atoms with Crippen LogP contribution in [-0.4, -0.2) is 45.4 Å². The van der Waals surface area contributed by atoms with Crippen molar-refractivity contribution >= 4 is 17.3 Å². The van der Waals surface area contributed by atoms with Crippen LogP contribution in [0.4, 0.5) is 5.69 Å². The Hall–Kier alpha value is -0.810. The fourth-order valence-corrected chi connectivity index (χ4v) is 1.89. The Kier molecular flexibility index (Phi) is 7.05. The highest BCUT2D eigenvalue weighted by atomic mass is 35.5. The molecule has 0 aliphatic heterocycles. The van der Waals surface area contributed by atoms with Gasteiger partial charge < -0.3 is 15.2 Å². The van der Waals surface area contributed by atoms with Crippen LogP contribution >= 0.6 is 11.6 Å². The molecule has 0 aromatic heterocycles. The van der Waals surface area contributed by atoms with E-state index >= 15 is 0 Å². The Balaban J connectivity index is 2.62. The maximum Gasteiger partial charge on any atom is 0.0589 e. The maximum atomic E-state index is 6.17. The summed E-state index contributed by atoms with van der Waals surface area (Å²) in [5.41, 5.74) is 7.43. The lowest BCUT2D eigenvalue weighted by molar-refractivity contribution is 0.110. The van der Waals surface area contributed by atoms with Gasteiger partial charge in [-0.05, 0) is 17.7 Å². The number of ether oxygens (including phenoxy) is 2. The molecule has 0 amide bonds. The second kappa shape index (κ2) is 8.32. The Morgan fingerprint density at radius 3 is 2.28 bits per heavy atom. The molecule has 2 N–H and O–H groups in total. The number of halogens is 1. The number of anilines is 1. The average Bonchev–Trinajstić information content (AvgIpc) is 2.35. The lowest BCUT2D eigenvalue weighted by Crippen LogP contribution is -2.30. The van der Waals surface area contributed by atoms with Crippen molar-refractivity contribution in [3.63, 3.8) is 0 Å². The molecule has 1 aromatic rings. The third-order valence-electron chi connectivity index (χ3n) is 2.69. The van der Waals surface area contributed by atoms with Crippen LogP contribution < -0.4 is 5.73 Å². The number of nitrogens with two attached hydrogens (primary N) is 1. The van der Waals surface area contributed by atoms with E-state index in [1.165, 1.54) is 0 Å². The van der Waals surface area contributed by atoms with E-state index in [2.05, 4.69) is 4.90 Å². The molecule has 5 heteroatoms. The van der Waals surface area contributed by atoms with E-state index in [4.69, 9.17) is 26.8 Å². The maximum absolute atomic E-state index is 6.17. The second-order valence-electron chi connectivity index (χ2n) is 4.11. The molecule has 0 atom stereocenters. The number of methoxy groups -OCH3 is 2. The Morgan fingerprint density at radius 1 is 1.17 bits per heavy atom. The van der Waals surface area contributed by atoms with E-state index in [-0.39, 0.29) is 0 Å². The summed E-state index contributed by atoms with van der Waals surface area (Å²) in [5, 5.41) is 0.704. The molecule has 1 rings (SSSR count). The molecular weight excluding hydrogens is 252 g/mol. The summed E-state index contributed by atoms with van der Waals surface area (Å²) >= 11 is 6.17. The molecule has 0 aliphatic rings. The first kappa shape index (κ1) is 15.2. The smallest absolute Gasteiger partial charge is 0.0589 e. The number of nitrogen functional groups attached to an aromatic ring is 1. The number of benzene rings is 1. The minimum atomic E-state index is 0.684. The minimum Gasteiger partial charge on any atom is -0.399 e. The van der Waals surface area contributed by atoms with Crippen LogP contribution in [0.25, 0.3) is 0 Å². The molecule has 4 nitrogen and oxygen atoms in total. The van der Waals surface area contributed by atoms with Crippen molar-refractivity contribution in [1.29, 1.82) is 0 Å². The van der Waals surface area contributed by atoms with E-state index in [1.54, 1.807) is 20.3 Å². The van der Waals surface area contributed by atoms with Gasteiger partial charge in [-0.1, -0.05) is 17.7 Å². The summed E-state index contributed by atoms with van der Waals surface area (Å²) in [6.45, 7) is 3.85. The molecule has 0 heterocycles. The predicted octanol–water partition coefficient (Wildman–Crippen LogP) is 2.02. The fourth-order valence-electron chi connectivity index (χ4n) is 1.64. The van der Waals surface area contributed by atoms with Gasteiger partial charge in [-0.2, -0.15) is 0 Å². The summed E-state index contributed by atoms with van der Waals surface area (Å²) in [7, 11) is 3.40. The predicted molar refractivity (Wildman–Crippen MR) is 74.9 cm³/mol. The molecule has 102 valence electrons. The van der Waals surface area contributed by atoms with E-state index < -0.39 is 0 Å². The molecular formula is C13H21ClN2O2. The summed E-state index contributed by atoms with van der Waals surface area (Å²) in [6.07, 6.45) is 0. The standard InChI is InChI=1S/C13H21ClN2O2/c1-17-7-5-16(6-8-18-2)10-11-3-4-12(15)9-13(11)14/h3-4,9H,5-8,10,15H2,1-2H3. The van der Waals surface area contributed by atoms with Crippen molar-refractivity contribution in [3.05, 3.63) is 28.8 Å². The molecule has 0 unspecified atom stereocenters. The van der Waals surface area contributed by atoms with Crippen LogP contribution in [0, 0.1) is 0 Å². The minimum absolute atomic E-state index is 0.684. The zero-order valence-corrected chi connectivity index (χ0v) is 11.7. The van der Waals surface area contributed by atoms with Gasteiger partial charge in [0.2, 0.25) is 0 Å². The molecule has 0 aliphatic carbocycles. The molecule has 0 radical (unpaired) electrons. The van der Waals surface area contributed by atoms with E-state index in [0.717, 1.165) is 25.2 Å². The van der Waals surface area contributed by atoms with Crippen molar-refractivity contribution in [2.45, 2.75) is 6.54 Å². The summed E-state index contributed by atoms with van der Waals surface area (Å²) < 4.78 is 10.2. The Bertz CT molecular complexity index is 353. The summed E-state index contributed by atoms with van der Waals surface area (Å²) in [6, 6.07) is 5.61. The van der Waals surface area contributed by atoms with Crippen LogP contribution in [0.5, 0.6) is 0 Å². The number of hydrogen-bond donors (Lipinski definition) is 1. The van der Waals surface area contributed by atoms with Gasteiger partial charge in [0.1, 0.15) is 0 Å². The highest BCUT2D eigenvalue weighted by molar-refractivity contribution is 6.31. The highest BCUT2D eigenvalue weighted by Gasteiger charge is 2.08. The molecule has 0 spiro atoms. The van der Waals surface area contributed by atoms with E-state index in [1.807, 2.05) is 12.1 Å². The monoisotopic (exact) mass is 272 g/mol. The quantitative estimate of drug-likeness (QED) is 0.736. The van der Waals surface area contributed by atoms with Crippen LogP contribution in [0.15, 0.2) is 18.2 Å². The van der Waals surface area contributed by atoms with Gasteiger partial charge in [-0.3, -0.25) is 4.90 Å². The topological polar surface area (TPSA) is 47.7 Å². The molecule has 0 saturated carbocycles. The largest absolute Gasteiger partial charge is 0.399 e. The van der Waals surface area contributed by atoms with Crippen LogP contribution in [0.2, 0.25) is 5.02 Å². The first-order valence-electron chi connectivity index (χ1n) is 5.91. The SMILES string of the molecule is COCCN(CCOC)Cc1ccc(N)cc1Cl. The van der Waals surface area contributed by atoms with Gasteiger partial charge in [0.25, 0.3) is 0 Å². The molecule has 0 fully saturated rings.